The number of hydrogen-bond donors (Lipinski definition) is 4. The van der Waals surface area contributed by atoms with Crippen LogP contribution in [-0.2, 0) is 17.4 Å². The summed E-state index contributed by atoms with van der Waals surface area (Å²) < 4.78 is 56.9. The van der Waals surface area contributed by atoms with Crippen molar-refractivity contribution in [3.05, 3.63) is 64.4 Å². The molecule has 0 aliphatic heterocycles. The molecule has 1 aromatic heterocycles. The fourth-order valence-corrected chi connectivity index (χ4v) is 4.46. The first-order chi connectivity index (χ1) is 16.3. The second kappa shape index (κ2) is 12.0. The lowest BCUT2D eigenvalue weighted by Gasteiger charge is -2.16. The van der Waals surface area contributed by atoms with Crippen molar-refractivity contribution in [1.29, 1.82) is 0 Å². The molecule has 0 unspecified atom stereocenters. The largest absolute Gasteiger partial charge is 0.383 e. The van der Waals surface area contributed by atoms with Crippen LogP contribution in [0.3, 0.4) is 0 Å². The summed E-state index contributed by atoms with van der Waals surface area (Å²) in [6, 6.07) is 6.34. The molecule has 9 nitrogen and oxygen atoms in total. The number of benzene rings is 2. The van der Waals surface area contributed by atoms with Gasteiger partial charge in [0.25, 0.3) is 5.91 Å². The number of anilines is 3. The lowest BCUT2D eigenvalue weighted by Crippen LogP contribution is -2.26. The molecule has 0 atom stereocenters. The van der Waals surface area contributed by atoms with Gasteiger partial charge in [0.05, 0.1) is 11.3 Å². The van der Waals surface area contributed by atoms with Crippen LogP contribution in [0.1, 0.15) is 22.8 Å². The summed E-state index contributed by atoms with van der Waals surface area (Å²) in [6.07, 6.45) is 1.09. The van der Waals surface area contributed by atoms with Crippen molar-refractivity contribution in [3.8, 4) is 0 Å². The molecule has 0 aliphatic rings. The van der Waals surface area contributed by atoms with Gasteiger partial charge in [-0.2, -0.15) is 4.37 Å². The molecule has 2 aromatic carbocycles. The van der Waals surface area contributed by atoms with Crippen LogP contribution in [0.15, 0.2) is 36.7 Å². The van der Waals surface area contributed by atoms with Crippen LogP contribution >= 0.6 is 23.1 Å². The minimum absolute atomic E-state index is 0.0195. The number of amides is 1. The van der Waals surface area contributed by atoms with E-state index in [0.717, 1.165) is 12.9 Å². The first kappa shape index (κ1) is 25.7. The maximum Gasteiger partial charge on any atom is 0.254 e. The lowest BCUT2D eigenvalue weighted by molar-refractivity contribution is 0.0946. The Morgan fingerprint density at radius 2 is 1.97 bits per heavy atom. The summed E-state index contributed by atoms with van der Waals surface area (Å²) in [5.74, 6) is -3.08. The third-order valence-corrected chi connectivity index (χ3v) is 6.33. The molecule has 0 fully saturated rings. The van der Waals surface area contributed by atoms with E-state index in [1.165, 1.54) is 0 Å². The summed E-state index contributed by atoms with van der Waals surface area (Å²) >= 11 is 6.75. The van der Waals surface area contributed by atoms with E-state index >= 15 is 0 Å². The molecule has 182 valence electrons. The number of likely N-dealkylation sites (N-methyl/N-ethyl adjacent to an activating group) is 1. The molecule has 0 spiro atoms. The van der Waals surface area contributed by atoms with E-state index in [2.05, 4.69) is 25.3 Å². The lowest BCUT2D eigenvalue weighted by atomic mass is 10.1. The molecule has 0 radical (unpaired) electrons. The number of carbonyl (C=O) groups is 1. The molecule has 0 saturated carbocycles. The van der Waals surface area contributed by atoms with Crippen molar-refractivity contribution in [2.45, 2.75) is 13.5 Å². The zero-order valence-corrected chi connectivity index (χ0v) is 20.3. The average Bonchev–Trinajstić information content (AvgIpc) is 3.32. The Morgan fingerprint density at radius 3 is 2.65 bits per heavy atom. The third kappa shape index (κ3) is 6.38. The molecular weight excluding hydrogens is 510 g/mol. The number of nitrogens with zero attached hydrogens (tertiary/aromatic N) is 3. The van der Waals surface area contributed by atoms with E-state index in [1.54, 1.807) is 18.2 Å². The van der Waals surface area contributed by atoms with Crippen molar-refractivity contribution in [3.63, 3.8) is 0 Å². The van der Waals surface area contributed by atoms with E-state index in [1.807, 2.05) is 6.92 Å². The molecule has 0 bridgehead atoms. The van der Waals surface area contributed by atoms with E-state index in [9.17, 15) is 22.0 Å². The van der Waals surface area contributed by atoms with Gasteiger partial charge in [0.1, 0.15) is 18.0 Å². The standard InChI is InChI=1S/C20H21ClF2N6O3S2/c1-2-24-5-6-25-17-7-13(21)4-3-12(17)10-26-19(30)14-8-16(23)18(9-15(14)22)29(34(31)32)20-27-11-28-33-20/h3-4,7-9,11,24-25,34H,2,5-6,10H2,1H3,(H,26,30). The molecule has 0 aliphatic carbocycles. The second-order valence-corrected chi connectivity index (χ2v) is 8.89. The highest BCUT2D eigenvalue weighted by Gasteiger charge is 2.23. The van der Waals surface area contributed by atoms with E-state index < -0.39 is 39.7 Å². The van der Waals surface area contributed by atoms with Gasteiger partial charge in [0.2, 0.25) is 16.0 Å². The Balaban J connectivity index is 1.77. The molecule has 3 N–H and O–H groups in total. The number of thiol groups is 1. The quantitative estimate of drug-likeness (QED) is 0.222. The summed E-state index contributed by atoms with van der Waals surface area (Å²) in [7, 11) is -3.38. The van der Waals surface area contributed by atoms with E-state index in [0.29, 0.717) is 57.3 Å². The molecule has 1 amide bonds. The Kier molecular flexibility index (Phi) is 9.10. The SMILES string of the molecule is CCNCCNc1cc(Cl)ccc1CNC(=O)c1cc(F)c(N(c2ncns2)[SH](=O)=O)cc1F. The van der Waals surface area contributed by atoms with Crippen molar-refractivity contribution >= 4 is 56.4 Å². The Hall–Kier alpha value is -2.87. The molecule has 3 rings (SSSR count). The number of carbonyl (C=O) groups excluding carboxylic acids is 1. The highest BCUT2D eigenvalue weighted by atomic mass is 35.5. The third-order valence-electron chi connectivity index (χ3n) is 4.58. The Morgan fingerprint density at radius 1 is 1.18 bits per heavy atom. The van der Waals surface area contributed by atoms with Crippen LogP contribution in [0.2, 0.25) is 5.02 Å². The average molecular weight is 531 g/mol. The van der Waals surface area contributed by atoms with Gasteiger partial charge in [0.15, 0.2) is 0 Å². The minimum atomic E-state index is -3.38. The minimum Gasteiger partial charge on any atom is -0.383 e. The second-order valence-electron chi connectivity index (χ2n) is 6.82. The summed E-state index contributed by atoms with van der Waals surface area (Å²) in [4.78, 5) is 16.3. The number of nitrogens with one attached hydrogen (secondary N) is 3. The van der Waals surface area contributed by atoms with Crippen molar-refractivity contribution < 1.29 is 22.0 Å². The highest BCUT2D eigenvalue weighted by molar-refractivity contribution is 7.74. The van der Waals surface area contributed by atoms with Gasteiger partial charge >= 0.3 is 0 Å². The molecule has 14 heteroatoms. The Bertz CT molecular complexity index is 1220. The molecule has 0 saturated heterocycles. The van der Waals surface area contributed by atoms with Crippen LogP contribution in [-0.4, -0.2) is 43.3 Å². The molecule has 3 aromatic rings. The number of aromatic nitrogens is 2. The highest BCUT2D eigenvalue weighted by Crippen LogP contribution is 2.30. The summed E-state index contributed by atoms with van der Waals surface area (Å²) in [5.41, 5.74) is 0.208. The van der Waals surface area contributed by atoms with Crippen molar-refractivity contribution in [1.82, 2.24) is 20.0 Å². The first-order valence-electron chi connectivity index (χ1n) is 10.0. The predicted octanol–water partition coefficient (Wildman–Crippen LogP) is 3.09. The van der Waals surface area contributed by atoms with Gasteiger partial charge in [-0.1, -0.05) is 24.6 Å². The molecule has 1 heterocycles. The fraction of sp³-hybridized carbons (Fsp3) is 0.250. The fourth-order valence-electron chi connectivity index (χ4n) is 2.99. The normalized spacial score (nSPS) is 11.0. The maximum atomic E-state index is 14.7. The molecule has 34 heavy (non-hydrogen) atoms. The maximum absolute atomic E-state index is 14.7. The summed E-state index contributed by atoms with van der Waals surface area (Å²) in [6.45, 7) is 4.16. The smallest absolute Gasteiger partial charge is 0.254 e. The summed E-state index contributed by atoms with van der Waals surface area (Å²) in [5, 5.41) is 9.27. The molecular formula is C20H21ClF2N6O3S2. The van der Waals surface area contributed by atoms with Crippen LogP contribution in [0.5, 0.6) is 0 Å². The number of halogens is 3. The number of rotatable bonds is 11. The van der Waals surface area contributed by atoms with Gasteiger partial charge in [-0.05, 0) is 30.3 Å². The van der Waals surface area contributed by atoms with Crippen LogP contribution < -0.4 is 20.3 Å². The van der Waals surface area contributed by atoms with E-state index in [-0.39, 0.29) is 11.7 Å². The van der Waals surface area contributed by atoms with Crippen LogP contribution in [0.4, 0.5) is 25.3 Å². The Labute approximate surface area is 205 Å². The van der Waals surface area contributed by atoms with E-state index in [4.69, 9.17) is 11.6 Å². The first-order valence-corrected chi connectivity index (χ1v) is 12.3. The predicted molar refractivity (Wildman–Crippen MR) is 128 cm³/mol. The van der Waals surface area contributed by atoms with Gasteiger partial charge in [-0.25, -0.2) is 26.5 Å². The zero-order valence-electron chi connectivity index (χ0n) is 17.8. The zero-order chi connectivity index (χ0) is 24.7. The van der Waals surface area contributed by atoms with Gasteiger partial charge in [-0.15, -0.1) is 0 Å². The van der Waals surface area contributed by atoms with Crippen LogP contribution in [0, 0.1) is 11.6 Å². The van der Waals surface area contributed by atoms with Crippen molar-refractivity contribution in [2.75, 3.05) is 29.3 Å². The van der Waals surface area contributed by atoms with Crippen LogP contribution in [0.25, 0.3) is 0 Å². The van der Waals surface area contributed by atoms with Gasteiger partial charge < -0.3 is 16.0 Å². The monoisotopic (exact) mass is 530 g/mol. The topological polar surface area (TPSA) is 116 Å². The van der Waals surface area contributed by atoms with Gasteiger partial charge in [0, 0.05) is 47.9 Å². The van der Waals surface area contributed by atoms with Crippen molar-refractivity contribution in [2.24, 2.45) is 0 Å². The number of hydrogen-bond acceptors (Lipinski definition) is 8. The van der Waals surface area contributed by atoms with Gasteiger partial charge in [-0.3, -0.25) is 4.79 Å².